The first-order valence-electron chi connectivity index (χ1n) is 4.53. The van der Waals surface area contributed by atoms with E-state index in [0.717, 1.165) is 12.8 Å². The second-order valence-electron chi connectivity index (χ2n) is 3.04. The molecule has 1 heterocycles. The maximum atomic E-state index is 11.3. The van der Waals surface area contributed by atoms with E-state index in [9.17, 15) is 9.59 Å². The molecule has 0 saturated carbocycles. The molecule has 3 N–H and O–H groups in total. The third-order valence-electron chi connectivity index (χ3n) is 2.02. The number of amides is 2. The van der Waals surface area contributed by atoms with Gasteiger partial charge in [0, 0.05) is 26.2 Å². The number of nitrogens with zero attached hydrogens (tertiary/aromatic N) is 1. The standard InChI is InChI=1S/C8H15N3O2/c9-3-4-10-7(12)8(13)11-5-1-2-6-11/h1-6,9H2,(H,10,12). The van der Waals surface area contributed by atoms with Gasteiger partial charge in [0.05, 0.1) is 0 Å². The summed E-state index contributed by atoms with van der Waals surface area (Å²) in [7, 11) is 0. The first kappa shape index (κ1) is 9.98. The number of nitrogens with one attached hydrogen (secondary N) is 1. The van der Waals surface area contributed by atoms with E-state index in [2.05, 4.69) is 5.32 Å². The Bertz CT molecular complexity index is 200. The van der Waals surface area contributed by atoms with Crippen molar-refractivity contribution in [3.63, 3.8) is 0 Å². The Balaban J connectivity index is 2.32. The Kier molecular flexibility index (Phi) is 3.70. The zero-order chi connectivity index (χ0) is 9.68. The SMILES string of the molecule is NCCNC(=O)C(=O)N1CCCC1. The van der Waals surface area contributed by atoms with E-state index < -0.39 is 11.8 Å². The van der Waals surface area contributed by atoms with Gasteiger partial charge < -0.3 is 16.0 Å². The summed E-state index contributed by atoms with van der Waals surface area (Å²) in [6.07, 6.45) is 1.99. The summed E-state index contributed by atoms with van der Waals surface area (Å²) in [5, 5.41) is 2.45. The molecule has 2 amide bonds. The van der Waals surface area contributed by atoms with Crippen LogP contribution in [-0.2, 0) is 9.59 Å². The third-order valence-corrected chi connectivity index (χ3v) is 2.02. The van der Waals surface area contributed by atoms with Crippen molar-refractivity contribution in [1.29, 1.82) is 0 Å². The van der Waals surface area contributed by atoms with Crippen LogP contribution in [0.5, 0.6) is 0 Å². The van der Waals surface area contributed by atoms with Crippen LogP contribution in [0.4, 0.5) is 0 Å². The van der Waals surface area contributed by atoms with Gasteiger partial charge in [-0.3, -0.25) is 9.59 Å². The van der Waals surface area contributed by atoms with Crippen LogP contribution < -0.4 is 11.1 Å². The van der Waals surface area contributed by atoms with Crippen LogP contribution in [0.15, 0.2) is 0 Å². The number of nitrogens with two attached hydrogens (primary N) is 1. The van der Waals surface area contributed by atoms with Crippen LogP contribution in [0.2, 0.25) is 0 Å². The Morgan fingerprint density at radius 2 is 1.92 bits per heavy atom. The fourth-order valence-electron chi connectivity index (χ4n) is 1.33. The quantitative estimate of drug-likeness (QED) is 0.524. The molecule has 1 fully saturated rings. The summed E-state index contributed by atoms with van der Waals surface area (Å²) in [6, 6.07) is 0. The minimum absolute atomic E-state index is 0.360. The maximum absolute atomic E-state index is 11.3. The largest absolute Gasteiger partial charge is 0.347 e. The summed E-state index contributed by atoms with van der Waals surface area (Å²) in [5.74, 6) is -0.960. The molecule has 0 aromatic rings. The second-order valence-corrected chi connectivity index (χ2v) is 3.04. The molecular formula is C8H15N3O2. The van der Waals surface area contributed by atoms with Crippen LogP contribution in [0, 0.1) is 0 Å². The molecule has 74 valence electrons. The number of rotatable bonds is 2. The molecule has 1 saturated heterocycles. The normalized spacial score (nSPS) is 15.9. The minimum atomic E-state index is -0.535. The van der Waals surface area contributed by atoms with Crippen LogP contribution in [-0.4, -0.2) is 42.9 Å². The van der Waals surface area contributed by atoms with Gasteiger partial charge in [0.2, 0.25) is 0 Å². The van der Waals surface area contributed by atoms with Gasteiger partial charge in [-0.2, -0.15) is 0 Å². The fraction of sp³-hybridized carbons (Fsp3) is 0.750. The molecule has 0 aliphatic carbocycles. The lowest BCUT2D eigenvalue weighted by Gasteiger charge is -2.13. The number of carbonyl (C=O) groups excluding carboxylic acids is 2. The molecule has 0 atom stereocenters. The van der Waals surface area contributed by atoms with E-state index in [4.69, 9.17) is 5.73 Å². The second kappa shape index (κ2) is 4.81. The van der Waals surface area contributed by atoms with E-state index in [1.54, 1.807) is 4.90 Å². The smallest absolute Gasteiger partial charge is 0.311 e. The van der Waals surface area contributed by atoms with Gasteiger partial charge in [-0.05, 0) is 12.8 Å². The van der Waals surface area contributed by atoms with Gasteiger partial charge in [0.25, 0.3) is 0 Å². The molecule has 5 heteroatoms. The number of hydrogen-bond acceptors (Lipinski definition) is 3. The predicted octanol–water partition coefficient (Wildman–Crippen LogP) is -1.32. The third kappa shape index (κ3) is 2.69. The first-order valence-corrected chi connectivity index (χ1v) is 4.53. The highest BCUT2D eigenvalue weighted by molar-refractivity contribution is 6.35. The minimum Gasteiger partial charge on any atom is -0.347 e. The van der Waals surface area contributed by atoms with Crippen molar-refractivity contribution in [1.82, 2.24) is 10.2 Å². The molecule has 0 aromatic heterocycles. The van der Waals surface area contributed by atoms with Crippen molar-refractivity contribution in [3.05, 3.63) is 0 Å². The lowest BCUT2D eigenvalue weighted by Crippen LogP contribution is -2.43. The van der Waals surface area contributed by atoms with Crippen LogP contribution in [0.25, 0.3) is 0 Å². The Morgan fingerprint density at radius 1 is 1.31 bits per heavy atom. The van der Waals surface area contributed by atoms with E-state index >= 15 is 0 Å². The van der Waals surface area contributed by atoms with Crippen LogP contribution in [0.1, 0.15) is 12.8 Å². The molecule has 0 spiro atoms. The number of carbonyl (C=O) groups is 2. The summed E-state index contributed by atoms with van der Waals surface area (Å²) < 4.78 is 0. The molecule has 5 nitrogen and oxygen atoms in total. The summed E-state index contributed by atoms with van der Waals surface area (Å²) in [5.41, 5.74) is 5.19. The molecule has 1 aliphatic rings. The monoisotopic (exact) mass is 185 g/mol. The zero-order valence-electron chi connectivity index (χ0n) is 7.58. The maximum Gasteiger partial charge on any atom is 0.311 e. The number of likely N-dealkylation sites (tertiary alicyclic amines) is 1. The van der Waals surface area contributed by atoms with E-state index in [1.165, 1.54) is 0 Å². The van der Waals surface area contributed by atoms with Crippen LogP contribution in [0.3, 0.4) is 0 Å². The lowest BCUT2D eigenvalue weighted by molar-refractivity contribution is -0.145. The zero-order valence-corrected chi connectivity index (χ0v) is 7.58. The Morgan fingerprint density at radius 3 is 2.46 bits per heavy atom. The average molecular weight is 185 g/mol. The van der Waals surface area contributed by atoms with Crippen molar-refractivity contribution in [3.8, 4) is 0 Å². The first-order chi connectivity index (χ1) is 6.25. The molecule has 1 aliphatic heterocycles. The lowest BCUT2D eigenvalue weighted by atomic mass is 10.4. The highest BCUT2D eigenvalue weighted by atomic mass is 16.2. The van der Waals surface area contributed by atoms with Gasteiger partial charge in [-0.25, -0.2) is 0 Å². The van der Waals surface area contributed by atoms with Gasteiger partial charge in [0.1, 0.15) is 0 Å². The highest BCUT2D eigenvalue weighted by Gasteiger charge is 2.23. The topological polar surface area (TPSA) is 75.4 Å². The van der Waals surface area contributed by atoms with Crippen molar-refractivity contribution >= 4 is 11.8 Å². The highest BCUT2D eigenvalue weighted by Crippen LogP contribution is 2.06. The summed E-state index contributed by atoms with van der Waals surface area (Å²) in [6.45, 7) is 2.13. The van der Waals surface area contributed by atoms with Crippen molar-refractivity contribution in [2.75, 3.05) is 26.2 Å². The number of hydrogen-bond donors (Lipinski definition) is 2. The summed E-state index contributed by atoms with van der Waals surface area (Å²) in [4.78, 5) is 24.0. The molecule has 0 bridgehead atoms. The van der Waals surface area contributed by atoms with Crippen LogP contribution >= 0.6 is 0 Å². The summed E-state index contributed by atoms with van der Waals surface area (Å²) >= 11 is 0. The average Bonchev–Trinajstić information content (AvgIpc) is 2.65. The van der Waals surface area contributed by atoms with E-state index in [-0.39, 0.29) is 0 Å². The van der Waals surface area contributed by atoms with Crippen molar-refractivity contribution in [2.45, 2.75) is 12.8 Å². The molecular weight excluding hydrogens is 170 g/mol. The van der Waals surface area contributed by atoms with Gasteiger partial charge in [0.15, 0.2) is 0 Å². The predicted molar refractivity (Wildman–Crippen MR) is 47.9 cm³/mol. The molecule has 1 rings (SSSR count). The molecule has 0 radical (unpaired) electrons. The molecule has 0 unspecified atom stereocenters. The fourth-order valence-corrected chi connectivity index (χ4v) is 1.33. The molecule has 0 aromatic carbocycles. The molecule has 13 heavy (non-hydrogen) atoms. The Labute approximate surface area is 77.3 Å². The van der Waals surface area contributed by atoms with E-state index in [1.807, 2.05) is 0 Å². The van der Waals surface area contributed by atoms with Crippen molar-refractivity contribution < 1.29 is 9.59 Å². The van der Waals surface area contributed by atoms with E-state index in [0.29, 0.717) is 26.2 Å². The van der Waals surface area contributed by atoms with Crippen molar-refractivity contribution in [2.24, 2.45) is 5.73 Å². The van der Waals surface area contributed by atoms with Gasteiger partial charge >= 0.3 is 11.8 Å². The van der Waals surface area contributed by atoms with Gasteiger partial charge in [-0.15, -0.1) is 0 Å². The van der Waals surface area contributed by atoms with Gasteiger partial charge in [-0.1, -0.05) is 0 Å². The Hall–Kier alpha value is -1.10.